The van der Waals surface area contributed by atoms with Crippen molar-refractivity contribution >= 4 is 51.3 Å². The molecule has 52 heavy (non-hydrogen) atoms. The molecule has 5 amide bonds. The molecule has 13 nitrogen and oxygen atoms in total. The third-order valence-corrected chi connectivity index (χ3v) is 13.6. The Bertz CT molecular complexity index is 1740. The lowest BCUT2D eigenvalue weighted by atomic mass is 10.0. The van der Waals surface area contributed by atoms with E-state index in [4.69, 9.17) is 16.3 Å². The summed E-state index contributed by atoms with van der Waals surface area (Å²) >= 11 is 6.16. The van der Waals surface area contributed by atoms with Crippen molar-refractivity contribution < 1.29 is 37.1 Å². The number of benzene rings is 1. The van der Waals surface area contributed by atoms with Gasteiger partial charge in [0.05, 0.1) is 11.8 Å². The van der Waals surface area contributed by atoms with Gasteiger partial charge in [-0.05, 0) is 80.5 Å². The highest BCUT2D eigenvalue weighted by molar-refractivity contribution is 7.91. The molecule has 1 aromatic rings. The normalized spacial score (nSPS) is 29.6. The fourth-order valence-corrected chi connectivity index (χ4v) is 9.85. The highest BCUT2D eigenvalue weighted by atomic mass is 35.5. The minimum Gasteiger partial charge on any atom is -0.444 e. The van der Waals surface area contributed by atoms with Gasteiger partial charge < -0.3 is 20.3 Å². The first kappa shape index (κ1) is 36.7. The second kappa shape index (κ2) is 15.0. The van der Waals surface area contributed by atoms with Crippen molar-refractivity contribution in [3.05, 3.63) is 46.5 Å². The van der Waals surface area contributed by atoms with Gasteiger partial charge in [0.2, 0.25) is 27.7 Å². The van der Waals surface area contributed by atoms with Gasteiger partial charge >= 0.3 is 6.09 Å². The Balaban J connectivity index is 1.12. The molecule has 6 aliphatic rings. The molecule has 0 bridgehead atoms. The van der Waals surface area contributed by atoms with Crippen molar-refractivity contribution in [3.8, 4) is 0 Å². The highest BCUT2D eigenvalue weighted by Gasteiger charge is 2.62. The number of rotatable bonds is 7. The zero-order chi connectivity index (χ0) is 36.6. The monoisotopic (exact) mass is 757 g/mol. The summed E-state index contributed by atoms with van der Waals surface area (Å²) in [4.78, 5) is 71.9. The summed E-state index contributed by atoms with van der Waals surface area (Å²) in [5.74, 6) is -2.23. The van der Waals surface area contributed by atoms with Crippen LogP contribution in [0, 0.1) is 11.8 Å². The van der Waals surface area contributed by atoms with Gasteiger partial charge in [0, 0.05) is 36.9 Å². The number of halogens is 1. The second-order valence-electron chi connectivity index (χ2n) is 15.5. The zero-order valence-electron chi connectivity index (χ0n) is 29.3. The first-order valence-corrected chi connectivity index (χ1v) is 20.7. The van der Waals surface area contributed by atoms with E-state index in [-0.39, 0.29) is 31.2 Å². The third kappa shape index (κ3) is 8.12. The molecule has 282 valence electrons. The van der Waals surface area contributed by atoms with Gasteiger partial charge in [-0.1, -0.05) is 55.5 Å². The molecule has 0 unspecified atom stereocenters. The first-order valence-electron chi connectivity index (χ1n) is 18.8. The number of sulfonamides is 1. The number of allylic oxidation sites excluding steroid dienone is 1. The lowest BCUT2D eigenvalue weighted by Crippen LogP contribution is -2.58. The van der Waals surface area contributed by atoms with Crippen LogP contribution in [0.5, 0.6) is 0 Å². The summed E-state index contributed by atoms with van der Waals surface area (Å²) in [5, 5.41) is 5.77. The van der Waals surface area contributed by atoms with E-state index >= 15 is 0 Å². The topological polar surface area (TPSA) is 171 Å². The molecule has 4 fully saturated rings. The summed E-state index contributed by atoms with van der Waals surface area (Å²) in [6, 6.07) is 3.42. The Morgan fingerprint density at radius 2 is 1.73 bits per heavy atom. The average Bonchev–Trinajstić information content (AvgIpc) is 3.89. The standard InChI is InChI=1S/C37H48ClN5O8S/c38-27-13-12-24-20-42(21-25(24)17-27)36(48)51-28-18-31-33(45)40-37(35(47)41-52(49,50)29-14-15-29)19-26(37)10-4-2-1-3-5-11-30(34(46)43(31)22-28)39-32(44)16-23-8-6-7-9-23/h4,10,12-13,17,23,26,28-31H,1-3,5-9,11,14-16,18-22H2,(H,39,44)(H,40,45)(H,41,47)/t26-,28-,30+,31+,37-/m1/s1. The fourth-order valence-electron chi connectivity index (χ4n) is 8.29. The van der Waals surface area contributed by atoms with Crippen molar-refractivity contribution in [2.24, 2.45) is 11.8 Å². The lowest BCUT2D eigenvalue weighted by Gasteiger charge is -2.30. The van der Waals surface area contributed by atoms with E-state index in [1.54, 1.807) is 6.07 Å². The molecule has 0 spiro atoms. The Morgan fingerprint density at radius 1 is 0.981 bits per heavy atom. The van der Waals surface area contributed by atoms with Crippen LogP contribution in [0.4, 0.5) is 4.79 Å². The number of hydrogen-bond acceptors (Lipinski definition) is 8. The molecule has 5 atom stereocenters. The quantitative estimate of drug-likeness (QED) is 0.353. The molecule has 0 aromatic heterocycles. The van der Waals surface area contributed by atoms with Crippen LogP contribution in [0.1, 0.15) is 101 Å². The summed E-state index contributed by atoms with van der Waals surface area (Å²) < 4.78 is 33.7. The maximum absolute atomic E-state index is 14.4. The number of amides is 5. The molecule has 3 aliphatic heterocycles. The smallest absolute Gasteiger partial charge is 0.410 e. The molecule has 1 aromatic carbocycles. The van der Waals surface area contributed by atoms with Gasteiger partial charge in [-0.15, -0.1) is 0 Å². The molecule has 7 rings (SSSR count). The predicted molar refractivity (Wildman–Crippen MR) is 191 cm³/mol. The van der Waals surface area contributed by atoms with E-state index in [1.807, 2.05) is 24.3 Å². The van der Waals surface area contributed by atoms with E-state index in [0.29, 0.717) is 56.6 Å². The van der Waals surface area contributed by atoms with Crippen LogP contribution in [0.2, 0.25) is 5.02 Å². The van der Waals surface area contributed by atoms with E-state index in [1.165, 1.54) is 9.80 Å². The van der Waals surface area contributed by atoms with E-state index in [9.17, 15) is 32.4 Å². The van der Waals surface area contributed by atoms with Crippen LogP contribution in [0.3, 0.4) is 0 Å². The Morgan fingerprint density at radius 3 is 2.50 bits per heavy atom. The third-order valence-electron chi connectivity index (χ3n) is 11.5. The molecule has 3 heterocycles. The van der Waals surface area contributed by atoms with E-state index in [2.05, 4.69) is 15.4 Å². The van der Waals surface area contributed by atoms with Crippen LogP contribution in [0.25, 0.3) is 0 Å². The fraction of sp³-hybridized carbons (Fsp3) is 0.649. The second-order valence-corrected chi connectivity index (χ2v) is 17.9. The lowest BCUT2D eigenvalue weighted by molar-refractivity contribution is -0.142. The molecule has 3 N–H and O–H groups in total. The van der Waals surface area contributed by atoms with Gasteiger partial charge in [-0.25, -0.2) is 13.2 Å². The first-order chi connectivity index (χ1) is 24.9. The van der Waals surface area contributed by atoms with Crippen LogP contribution < -0.4 is 15.4 Å². The molecule has 1 saturated heterocycles. The highest BCUT2D eigenvalue weighted by Crippen LogP contribution is 2.46. The Labute approximate surface area is 309 Å². The number of nitrogens with zero attached hydrogens (tertiary/aromatic N) is 2. The number of carbonyl (C=O) groups excluding carboxylic acids is 5. The maximum atomic E-state index is 14.4. The average molecular weight is 758 g/mol. The number of nitrogens with one attached hydrogen (secondary N) is 3. The summed E-state index contributed by atoms with van der Waals surface area (Å²) in [7, 11) is -3.89. The van der Waals surface area contributed by atoms with E-state index < -0.39 is 68.7 Å². The minimum absolute atomic E-state index is 0.0305. The van der Waals surface area contributed by atoms with Crippen LogP contribution in [-0.4, -0.2) is 83.5 Å². The van der Waals surface area contributed by atoms with Gasteiger partial charge in [0.1, 0.15) is 23.7 Å². The predicted octanol–water partition coefficient (Wildman–Crippen LogP) is 3.83. The Kier molecular flexibility index (Phi) is 10.6. The Hall–Kier alpha value is -3.65. The van der Waals surface area contributed by atoms with Crippen molar-refractivity contribution in [2.45, 2.75) is 132 Å². The van der Waals surface area contributed by atoms with Crippen molar-refractivity contribution in [1.82, 2.24) is 25.2 Å². The molecular weight excluding hydrogens is 710 g/mol. The van der Waals surface area contributed by atoms with Gasteiger partial charge in [-0.3, -0.25) is 28.8 Å². The van der Waals surface area contributed by atoms with Crippen molar-refractivity contribution in [3.63, 3.8) is 0 Å². The number of hydrogen-bond donors (Lipinski definition) is 3. The van der Waals surface area contributed by atoms with Crippen LogP contribution in [0.15, 0.2) is 30.4 Å². The summed E-state index contributed by atoms with van der Waals surface area (Å²) in [6.45, 7) is 0.554. The summed E-state index contributed by atoms with van der Waals surface area (Å²) in [6.07, 6.45) is 11.4. The largest absolute Gasteiger partial charge is 0.444 e. The zero-order valence-corrected chi connectivity index (χ0v) is 30.9. The van der Waals surface area contributed by atoms with Crippen molar-refractivity contribution in [2.75, 3.05) is 6.54 Å². The molecular formula is C37H48ClN5O8S. The maximum Gasteiger partial charge on any atom is 0.410 e. The molecule has 3 saturated carbocycles. The van der Waals surface area contributed by atoms with Gasteiger partial charge in [-0.2, -0.15) is 0 Å². The van der Waals surface area contributed by atoms with Crippen LogP contribution in [-0.2, 0) is 47.0 Å². The number of fused-ring (bicyclic) bond motifs is 3. The van der Waals surface area contributed by atoms with Crippen LogP contribution >= 0.6 is 11.6 Å². The van der Waals surface area contributed by atoms with Gasteiger partial charge in [0.25, 0.3) is 5.91 Å². The molecule has 0 radical (unpaired) electrons. The van der Waals surface area contributed by atoms with Crippen molar-refractivity contribution in [1.29, 1.82) is 0 Å². The van der Waals surface area contributed by atoms with Gasteiger partial charge in [0.15, 0.2) is 0 Å². The molecule has 15 heteroatoms. The minimum atomic E-state index is -3.89. The molecule has 3 aliphatic carbocycles. The SMILES string of the molecule is O=C(CC1CCCC1)N[C@H]1CCCCCC=C[C@@H]2C[C@@]2(C(=O)NS(=O)(=O)C2CC2)NC(=O)[C@@H]2C[C@@H](OC(=O)N3Cc4ccc(Cl)cc4C3)CN2C1=O. The number of carbonyl (C=O) groups is 5. The summed E-state index contributed by atoms with van der Waals surface area (Å²) in [5.41, 5.74) is 0.359. The number of ether oxygens (including phenoxy) is 1. The van der Waals surface area contributed by atoms with E-state index in [0.717, 1.165) is 49.7 Å².